The highest BCUT2D eigenvalue weighted by atomic mass is 15.2. The Morgan fingerprint density at radius 3 is 2.82 bits per heavy atom. The van der Waals surface area contributed by atoms with Gasteiger partial charge in [-0.05, 0) is 18.6 Å². The Morgan fingerprint density at radius 1 is 1.41 bits per heavy atom. The monoisotopic (exact) mass is 230 g/mol. The van der Waals surface area contributed by atoms with Crippen molar-refractivity contribution in [2.75, 3.05) is 17.7 Å². The van der Waals surface area contributed by atoms with E-state index in [4.69, 9.17) is 5.73 Å². The molecule has 0 radical (unpaired) electrons. The van der Waals surface area contributed by atoms with Crippen LogP contribution in [0.2, 0.25) is 0 Å². The highest BCUT2D eigenvalue weighted by Gasteiger charge is 2.08. The quantitative estimate of drug-likeness (QED) is 0.820. The van der Waals surface area contributed by atoms with Crippen molar-refractivity contribution in [3.05, 3.63) is 41.7 Å². The number of nitrogens with two attached hydrogens (primary N) is 1. The Kier molecular flexibility index (Phi) is 3.04. The number of benzene rings is 1. The van der Waals surface area contributed by atoms with Gasteiger partial charge in [-0.25, -0.2) is 0 Å². The molecular weight excluding hydrogens is 212 g/mol. The fourth-order valence-electron chi connectivity index (χ4n) is 1.91. The molecule has 4 nitrogen and oxygen atoms in total. The molecule has 1 aromatic carbocycles. The lowest BCUT2D eigenvalue weighted by atomic mass is 10.1. The van der Waals surface area contributed by atoms with Gasteiger partial charge in [-0.2, -0.15) is 5.10 Å². The molecule has 1 heterocycles. The molecule has 0 aliphatic heterocycles. The fraction of sp³-hybridized carbons (Fsp3) is 0.308. The van der Waals surface area contributed by atoms with Gasteiger partial charge in [-0.3, -0.25) is 4.68 Å². The fourth-order valence-corrected chi connectivity index (χ4v) is 1.91. The molecule has 90 valence electrons. The SMILES string of the molecule is Cc1cccc(N(C)Cc2cnn(C)c2)c1N. The van der Waals surface area contributed by atoms with Gasteiger partial charge in [0.1, 0.15) is 0 Å². The van der Waals surface area contributed by atoms with Crippen molar-refractivity contribution >= 4 is 11.4 Å². The highest BCUT2D eigenvalue weighted by Crippen LogP contribution is 2.26. The number of nitrogen functional groups attached to an aromatic ring is 1. The van der Waals surface area contributed by atoms with Crippen LogP contribution in [0.1, 0.15) is 11.1 Å². The summed E-state index contributed by atoms with van der Waals surface area (Å²) < 4.78 is 1.81. The van der Waals surface area contributed by atoms with Crippen molar-refractivity contribution < 1.29 is 0 Å². The normalized spacial score (nSPS) is 10.5. The summed E-state index contributed by atoms with van der Waals surface area (Å²) in [7, 11) is 3.96. The van der Waals surface area contributed by atoms with Gasteiger partial charge in [0.2, 0.25) is 0 Å². The molecule has 2 N–H and O–H groups in total. The van der Waals surface area contributed by atoms with Crippen LogP contribution >= 0.6 is 0 Å². The van der Waals surface area contributed by atoms with Crippen LogP contribution in [0.15, 0.2) is 30.6 Å². The van der Waals surface area contributed by atoms with Crippen LogP contribution in [0.5, 0.6) is 0 Å². The molecule has 0 aliphatic carbocycles. The van der Waals surface area contributed by atoms with Crippen molar-refractivity contribution in [3.8, 4) is 0 Å². The zero-order valence-corrected chi connectivity index (χ0v) is 10.5. The Bertz CT molecular complexity index is 516. The first-order chi connectivity index (χ1) is 8.08. The third-order valence-corrected chi connectivity index (χ3v) is 2.89. The largest absolute Gasteiger partial charge is 0.397 e. The van der Waals surface area contributed by atoms with Crippen LogP contribution in [-0.2, 0) is 13.6 Å². The predicted octanol–water partition coefficient (Wildman–Crippen LogP) is 1.95. The number of nitrogens with zero attached hydrogens (tertiary/aromatic N) is 3. The third-order valence-electron chi connectivity index (χ3n) is 2.89. The van der Waals surface area contributed by atoms with Crippen LogP contribution in [0.3, 0.4) is 0 Å². The topological polar surface area (TPSA) is 47.1 Å². The molecule has 0 saturated heterocycles. The van der Waals surface area contributed by atoms with Crippen molar-refractivity contribution in [1.82, 2.24) is 9.78 Å². The van der Waals surface area contributed by atoms with Gasteiger partial charge in [0, 0.05) is 32.4 Å². The summed E-state index contributed by atoms with van der Waals surface area (Å²) in [5, 5.41) is 4.16. The highest BCUT2D eigenvalue weighted by molar-refractivity contribution is 5.70. The molecule has 0 atom stereocenters. The molecule has 0 unspecified atom stereocenters. The van der Waals surface area contributed by atoms with E-state index in [1.165, 1.54) is 5.56 Å². The van der Waals surface area contributed by atoms with Crippen molar-refractivity contribution in [2.45, 2.75) is 13.5 Å². The van der Waals surface area contributed by atoms with E-state index in [1.807, 2.05) is 56.3 Å². The molecule has 1 aromatic heterocycles. The summed E-state index contributed by atoms with van der Waals surface area (Å²) >= 11 is 0. The van der Waals surface area contributed by atoms with Gasteiger partial charge >= 0.3 is 0 Å². The number of hydrogen-bond acceptors (Lipinski definition) is 3. The second-order valence-corrected chi connectivity index (χ2v) is 4.39. The number of rotatable bonds is 3. The van der Waals surface area contributed by atoms with E-state index in [-0.39, 0.29) is 0 Å². The van der Waals surface area contributed by atoms with E-state index in [0.29, 0.717) is 0 Å². The first kappa shape index (κ1) is 11.5. The molecule has 2 aromatic rings. The number of hydrogen-bond donors (Lipinski definition) is 1. The van der Waals surface area contributed by atoms with Gasteiger partial charge in [0.05, 0.1) is 17.6 Å². The first-order valence-electron chi connectivity index (χ1n) is 5.61. The van der Waals surface area contributed by atoms with Crippen LogP contribution in [0.25, 0.3) is 0 Å². The number of aryl methyl sites for hydroxylation is 2. The van der Waals surface area contributed by atoms with Crippen LogP contribution in [-0.4, -0.2) is 16.8 Å². The number of anilines is 2. The van der Waals surface area contributed by atoms with Crippen LogP contribution < -0.4 is 10.6 Å². The van der Waals surface area contributed by atoms with E-state index in [2.05, 4.69) is 10.00 Å². The minimum atomic E-state index is 0.807. The average Bonchev–Trinajstić information content (AvgIpc) is 2.68. The maximum atomic E-state index is 6.08. The standard InChI is InChI=1S/C13H18N4/c1-10-5-4-6-12(13(10)14)16(2)8-11-7-15-17(3)9-11/h4-7,9H,8,14H2,1-3H3. The molecule has 17 heavy (non-hydrogen) atoms. The Balaban J connectivity index is 2.20. The summed E-state index contributed by atoms with van der Waals surface area (Å²) in [6.07, 6.45) is 3.89. The third kappa shape index (κ3) is 2.41. The summed E-state index contributed by atoms with van der Waals surface area (Å²) in [6, 6.07) is 6.09. The zero-order chi connectivity index (χ0) is 12.4. The minimum Gasteiger partial charge on any atom is -0.397 e. The molecule has 0 saturated carbocycles. The molecule has 0 bridgehead atoms. The lowest BCUT2D eigenvalue weighted by Crippen LogP contribution is -2.17. The zero-order valence-electron chi connectivity index (χ0n) is 10.5. The lowest BCUT2D eigenvalue weighted by Gasteiger charge is -2.21. The minimum absolute atomic E-state index is 0.807. The number of aromatic nitrogens is 2. The Labute approximate surface area is 102 Å². The van der Waals surface area contributed by atoms with E-state index < -0.39 is 0 Å². The predicted molar refractivity (Wildman–Crippen MR) is 70.9 cm³/mol. The van der Waals surface area contributed by atoms with E-state index in [1.54, 1.807) is 0 Å². The lowest BCUT2D eigenvalue weighted by molar-refractivity contribution is 0.766. The van der Waals surface area contributed by atoms with Gasteiger partial charge in [0.15, 0.2) is 0 Å². The van der Waals surface area contributed by atoms with Crippen molar-refractivity contribution in [3.63, 3.8) is 0 Å². The summed E-state index contributed by atoms with van der Waals surface area (Å²) in [4.78, 5) is 2.14. The molecule has 0 fully saturated rings. The molecule has 4 heteroatoms. The van der Waals surface area contributed by atoms with E-state index in [9.17, 15) is 0 Å². The van der Waals surface area contributed by atoms with Gasteiger partial charge in [-0.1, -0.05) is 12.1 Å². The Hall–Kier alpha value is -1.97. The van der Waals surface area contributed by atoms with Crippen LogP contribution in [0.4, 0.5) is 11.4 Å². The number of para-hydroxylation sites is 1. The second-order valence-electron chi connectivity index (χ2n) is 4.39. The summed E-state index contributed by atoms with van der Waals surface area (Å²) in [6.45, 7) is 2.83. The molecule has 0 aliphatic rings. The molecule has 0 spiro atoms. The van der Waals surface area contributed by atoms with E-state index >= 15 is 0 Å². The van der Waals surface area contributed by atoms with Crippen LogP contribution in [0, 0.1) is 6.92 Å². The van der Waals surface area contributed by atoms with Gasteiger partial charge < -0.3 is 10.6 Å². The Morgan fingerprint density at radius 2 is 2.18 bits per heavy atom. The van der Waals surface area contributed by atoms with Gasteiger partial charge in [-0.15, -0.1) is 0 Å². The summed E-state index contributed by atoms with van der Waals surface area (Å²) in [5.74, 6) is 0. The maximum Gasteiger partial charge on any atom is 0.0603 e. The maximum absolute atomic E-state index is 6.08. The first-order valence-corrected chi connectivity index (χ1v) is 5.61. The molecule has 2 rings (SSSR count). The smallest absolute Gasteiger partial charge is 0.0603 e. The van der Waals surface area contributed by atoms with Gasteiger partial charge in [0.25, 0.3) is 0 Å². The molecule has 0 amide bonds. The van der Waals surface area contributed by atoms with E-state index in [0.717, 1.165) is 23.5 Å². The summed E-state index contributed by atoms with van der Waals surface area (Å²) in [5.41, 5.74) is 10.3. The second kappa shape index (κ2) is 4.49. The average molecular weight is 230 g/mol. The molecular formula is C13H18N4. The van der Waals surface area contributed by atoms with Crippen molar-refractivity contribution in [2.24, 2.45) is 7.05 Å². The van der Waals surface area contributed by atoms with Crippen molar-refractivity contribution in [1.29, 1.82) is 0 Å².